The minimum absolute atomic E-state index is 0.0115. The zero-order chi connectivity index (χ0) is 12.4. The Morgan fingerprint density at radius 2 is 1.88 bits per heavy atom. The summed E-state index contributed by atoms with van der Waals surface area (Å²) in [4.78, 5) is 0. The fourth-order valence-electron chi connectivity index (χ4n) is 1.56. The number of aromatic hydroxyl groups is 1. The largest absolute Gasteiger partial charge is 0.508 e. The monoisotopic (exact) mass is 231 g/mol. The summed E-state index contributed by atoms with van der Waals surface area (Å²) in [7, 11) is 0. The van der Waals surface area contributed by atoms with Crippen molar-refractivity contribution in [2.24, 2.45) is 0 Å². The predicted octanol–water partition coefficient (Wildman–Crippen LogP) is 3.21. The van der Waals surface area contributed by atoms with Gasteiger partial charge in [0.2, 0.25) is 0 Å². The normalized spacial score (nSPS) is 9.94. The molecule has 0 fully saturated rings. The van der Waals surface area contributed by atoms with Crippen molar-refractivity contribution in [1.82, 2.24) is 0 Å². The van der Waals surface area contributed by atoms with E-state index in [2.05, 4.69) is 0 Å². The molecular formula is C13H7F2NO. The molecule has 0 radical (unpaired) electrons. The van der Waals surface area contributed by atoms with Crippen LogP contribution in [0.3, 0.4) is 0 Å². The van der Waals surface area contributed by atoms with Gasteiger partial charge in [-0.2, -0.15) is 5.26 Å². The molecule has 4 heteroatoms. The second-order valence-electron chi connectivity index (χ2n) is 3.48. The highest BCUT2D eigenvalue weighted by Gasteiger charge is 2.11. The van der Waals surface area contributed by atoms with E-state index in [4.69, 9.17) is 5.26 Å². The van der Waals surface area contributed by atoms with Gasteiger partial charge < -0.3 is 5.11 Å². The third-order valence-electron chi connectivity index (χ3n) is 2.31. The molecule has 0 saturated carbocycles. The lowest BCUT2D eigenvalue weighted by Gasteiger charge is -2.05. The number of hydrogen-bond donors (Lipinski definition) is 1. The zero-order valence-corrected chi connectivity index (χ0v) is 8.61. The first-order valence-corrected chi connectivity index (χ1v) is 4.80. The maximum absolute atomic E-state index is 13.5. The molecule has 0 atom stereocenters. The van der Waals surface area contributed by atoms with Crippen molar-refractivity contribution in [2.45, 2.75) is 0 Å². The molecule has 0 aliphatic rings. The molecule has 0 unspecified atom stereocenters. The lowest BCUT2D eigenvalue weighted by molar-refractivity contribution is 0.475. The van der Waals surface area contributed by atoms with Gasteiger partial charge in [0, 0.05) is 5.56 Å². The van der Waals surface area contributed by atoms with Gasteiger partial charge >= 0.3 is 0 Å². The summed E-state index contributed by atoms with van der Waals surface area (Å²) in [6.07, 6.45) is 0. The fourth-order valence-corrected chi connectivity index (χ4v) is 1.56. The molecule has 0 spiro atoms. The van der Waals surface area contributed by atoms with Crippen LogP contribution in [0, 0.1) is 23.0 Å². The smallest absolute Gasteiger partial charge is 0.166 e. The van der Waals surface area contributed by atoms with Gasteiger partial charge in [-0.15, -0.1) is 0 Å². The summed E-state index contributed by atoms with van der Waals surface area (Å²) in [5, 5.41) is 18.1. The van der Waals surface area contributed by atoms with Gasteiger partial charge in [0.15, 0.2) is 11.6 Å². The molecule has 2 aromatic carbocycles. The highest BCUT2D eigenvalue weighted by molar-refractivity contribution is 5.67. The average molecular weight is 231 g/mol. The molecule has 2 nitrogen and oxygen atoms in total. The number of phenols is 1. The van der Waals surface area contributed by atoms with E-state index in [-0.39, 0.29) is 22.4 Å². The highest BCUT2D eigenvalue weighted by atomic mass is 19.2. The molecule has 0 heterocycles. The van der Waals surface area contributed by atoms with E-state index in [1.165, 1.54) is 30.3 Å². The molecule has 0 bridgehead atoms. The maximum atomic E-state index is 13.5. The molecule has 1 N–H and O–H groups in total. The lowest BCUT2D eigenvalue weighted by Crippen LogP contribution is -1.89. The van der Waals surface area contributed by atoms with Crippen LogP contribution in [0.4, 0.5) is 8.78 Å². The minimum Gasteiger partial charge on any atom is -0.508 e. The van der Waals surface area contributed by atoms with Gasteiger partial charge in [0.1, 0.15) is 5.75 Å². The summed E-state index contributed by atoms with van der Waals surface area (Å²) >= 11 is 0. The van der Waals surface area contributed by atoms with Crippen LogP contribution in [-0.4, -0.2) is 5.11 Å². The van der Waals surface area contributed by atoms with Crippen LogP contribution in [0.2, 0.25) is 0 Å². The van der Waals surface area contributed by atoms with Crippen LogP contribution in [0.5, 0.6) is 5.75 Å². The first-order chi connectivity index (χ1) is 8.11. The van der Waals surface area contributed by atoms with Gasteiger partial charge in [-0.05, 0) is 29.8 Å². The number of phenolic OH excluding ortho intramolecular Hbond substituents is 1. The second kappa shape index (κ2) is 4.22. The predicted molar refractivity (Wildman–Crippen MR) is 58.2 cm³/mol. The molecule has 0 aromatic heterocycles. The van der Waals surface area contributed by atoms with E-state index in [9.17, 15) is 13.9 Å². The molecule has 2 aromatic rings. The Morgan fingerprint density at radius 1 is 1.12 bits per heavy atom. The SMILES string of the molecule is N#Cc1cc(O)cc(-c2cccc(F)c2F)c1. The lowest BCUT2D eigenvalue weighted by atomic mass is 10.0. The van der Waals surface area contributed by atoms with Gasteiger partial charge in [-0.25, -0.2) is 8.78 Å². The number of rotatable bonds is 1. The Morgan fingerprint density at radius 3 is 2.59 bits per heavy atom. The van der Waals surface area contributed by atoms with Crippen LogP contribution < -0.4 is 0 Å². The zero-order valence-electron chi connectivity index (χ0n) is 8.61. The molecule has 2 rings (SSSR count). The molecule has 0 amide bonds. The summed E-state index contributed by atoms with van der Waals surface area (Å²) < 4.78 is 26.6. The number of halogens is 2. The number of benzene rings is 2. The first kappa shape index (κ1) is 11.1. The maximum Gasteiger partial charge on any atom is 0.166 e. The topological polar surface area (TPSA) is 44.0 Å². The van der Waals surface area contributed by atoms with E-state index in [0.29, 0.717) is 0 Å². The van der Waals surface area contributed by atoms with E-state index >= 15 is 0 Å². The van der Waals surface area contributed by atoms with Gasteiger partial charge in [0.25, 0.3) is 0 Å². The molecule has 0 aliphatic heterocycles. The Bertz CT molecular complexity index is 617. The number of nitriles is 1. The van der Waals surface area contributed by atoms with E-state index in [1.54, 1.807) is 0 Å². The van der Waals surface area contributed by atoms with Crippen LogP contribution in [0.15, 0.2) is 36.4 Å². The number of nitrogens with zero attached hydrogens (tertiary/aromatic N) is 1. The Kier molecular flexibility index (Phi) is 2.75. The standard InChI is InChI=1S/C13H7F2NO/c14-12-3-1-2-11(13(12)15)9-4-8(7-16)5-10(17)6-9/h1-6,17H. The first-order valence-electron chi connectivity index (χ1n) is 4.80. The fraction of sp³-hybridized carbons (Fsp3) is 0. The molecule has 17 heavy (non-hydrogen) atoms. The molecular weight excluding hydrogens is 224 g/mol. The van der Waals surface area contributed by atoms with Crippen LogP contribution in [0.1, 0.15) is 5.56 Å². The molecule has 84 valence electrons. The Balaban J connectivity index is 2.65. The summed E-state index contributed by atoms with van der Waals surface area (Å²) in [5.74, 6) is -2.13. The second-order valence-corrected chi connectivity index (χ2v) is 3.48. The summed E-state index contributed by atoms with van der Waals surface area (Å²) in [6.45, 7) is 0. The average Bonchev–Trinajstić information content (AvgIpc) is 2.31. The van der Waals surface area contributed by atoms with Crippen molar-refractivity contribution < 1.29 is 13.9 Å². The minimum atomic E-state index is -0.998. The Hall–Kier alpha value is -2.41. The van der Waals surface area contributed by atoms with E-state index in [0.717, 1.165) is 6.07 Å². The summed E-state index contributed by atoms with van der Waals surface area (Å²) in [6, 6.07) is 9.50. The Labute approximate surface area is 96.4 Å². The van der Waals surface area contributed by atoms with Crippen molar-refractivity contribution in [1.29, 1.82) is 5.26 Å². The quantitative estimate of drug-likeness (QED) is 0.818. The van der Waals surface area contributed by atoms with Gasteiger partial charge in [-0.3, -0.25) is 0 Å². The van der Waals surface area contributed by atoms with Crippen molar-refractivity contribution >= 4 is 0 Å². The summed E-state index contributed by atoms with van der Waals surface area (Å²) in [5.41, 5.74) is 0.458. The van der Waals surface area contributed by atoms with Gasteiger partial charge in [0.05, 0.1) is 11.6 Å². The van der Waals surface area contributed by atoms with Crippen LogP contribution >= 0.6 is 0 Å². The van der Waals surface area contributed by atoms with Crippen molar-refractivity contribution in [3.05, 3.63) is 53.6 Å². The van der Waals surface area contributed by atoms with Crippen LogP contribution in [-0.2, 0) is 0 Å². The highest BCUT2D eigenvalue weighted by Crippen LogP contribution is 2.28. The molecule has 0 aliphatic carbocycles. The van der Waals surface area contributed by atoms with Crippen LogP contribution in [0.25, 0.3) is 11.1 Å². The van der Waals surface area contributed by atoms with E-state index < -0.39 is 11.6 Å². The third-order valence-corrected chi connectivity index (χ3v) is 2.31. The van der Waals surface area contributed by atoms with Gasteiger partial charge in [-0.1, -0.05) is 12.1 Å². The molecule has 0 saturated heterocycles. The third kappa shape index (κ3) is 2.08. The van der Waals surface area contributed by atoms with Crippen molar-refractivity contribution in [2.75, 3.05) is 0 Å². The van der Waals surface area contributed by atoms with E-state index in [1.807, 2.05) is 6.07 Å². The van der Waals surface area contributed by atoms with Crippen molar-refractivity contribution in [3.8, 4) is 22.9 Å². The van der Waals surface area contributed by atoms with Crippen molar-refractivity contribution in [3.63, 3.8) is 0 Å². The number of hydrogen-bond acceptors (Lipinski definition) is 2.